The molecule has 0 spiro atoms. The number of fused-ring (bicyclic) bond motifs is 1. The molecule has 1 unspecified atom stereocenters. The van der Waals surface area contributed by atoms with Gasteiger partial charge in [0.05, 0.1) is 17.6 Å². The molecule has 1 N–H and O–H groups in total. The summed E-state index contributed by atoms with van der Waals surface area (Å²) in [6.07, 6.45) is 1.61. The average Bonchev–Trinajstić information content (AvgIpc) is 3.09. The number of rotatable bonds is 5. The van der Waals surface area contributed by atoms with Crippen LogP contribution in [0.15, 0.2) is 52.8 Å². The quantitative estimate of drug-likeness (QED) is 0.776. The molecular formula is C18H19N3O2S. The van der Waals surface area contributed by atoms with Gasteiger partial charge in [0.15, 0.2) is 0 Å². The summed E-state index contributed by atoms with van der Waals surface area (Å²) in [5.74, 6) is 0.0425. The van der Waals surface area contributed by atoms with Gasteiger partial charge >= 0.3 is 0 Å². The van der Waals surface area contributed by atoms with Gasteiger partial charge in [-0.1, -0.05) is 38.1 Å². The Kier molecular flexibility index (Phi) is 4.76. The number of amides is 1. The maximum absolute atomic E-state index is 12.4. The van der Waals surface area contributed by atoms with Gasteiger partial charge in [0.25, 0.3) is 5.56 Å². The number of benzene rings is 1. The molecule has 0 aliphatic carbocycles. The lowest BCUT2D eigenvalue weighted by Crippen LogP contribution is -2.37. The molecule has 3 rings (SSSR count). The smallest absolute Gasteiger partial charge is 0.275 e. The number of aromatic nitrogens is 2. The minimum atomic E-state index is -0.250. The standard InChI is InChI=1S/C18H19N3O2S/c1-12(2)17(15-8-5-9-24-15)20-16(22)11-21-18(23)14-7-4-3-6-13(14)10-19-21/h3-10,12,17H,11H2,1-2H3,(H,20,22). The molecule has 5 nitrogen and oxygen atoms in total. The summed E-state index contributed by atoms with van der Waals surface area (Å²) in [4.78, 5) is 25.9. The zero-order valence-electron chi connectivity index (χ0n) is 13.6. The fraction of sp³-hybridized carbons (Fsp3) is 0.278. The highest BCUT2D eigenvalue weighted by molar-refractivity contribution is 7.10. The molecule has 2 heterocycles. The van der Waals surface area contributed by atoms with Crippen molar-refractivity contribution in [3.05, 3.63) is 63.2 Å². The van der Waals surface area contributed by atoms with Crippen molar-refractivity contribution in [2.24, 2.45) is 5.92 Å². The molecule has 124 valence electrons. The number of nitrogens with zero attached hydrogens (tertiary/aromatic N) is 2. The second-order valence-corrected chi connectivity index (χ2v) is 6.98. The summed E-state index contributed by atoms with van der Waals surface area (Å²) in [7, 11) is 0. The summed E-state index contributed by atoms with van der Waals surface area (Å²) < 4.78 is 1.21. The molecule has 3 aromatic rings. The predicted octanol–water partition coefficient (Wildman–Crippen LogP) is 2.97. The minimum absolute atomic E-state index is 0.0614. The summed E-state index contributed by atoms with van der Waals surface area (Å²) in [6, 6.07) is 11.2. The van der Waals surface area contributed by atoms with E-state index in [0.717, 1.165) is 10.3 Å². The number of hydrogen-bond acceptors (Lipinski definition) is 4. The Hall–Kier alpha value is -2.47. The van der Waals surface area contributed by atoms with Gasteiger partial charge in [-0.15, -0.1) is 11.3 Å². The Morgan fingerprint density at radius 2 is 2.04 bits per heavy atom. The summed E-state index contributed by atoms with van der Waals surface area (Å²) >= 11 is 1.61. The molecule has 0 fully saturated rings. The Balaban J connectivity index is 1.80. The van der Waals surface area contributed by atoms with Gasteiger partial charge in [-0.05, 0) is 23.4 Å². The van der Waals surface area contributed by atoms with E-state index in [0.29, 0.717) is 5.39 Å². The molecule has 24 heavy (non-hydrogen) atoms. The van der Waals surface area contributed by atoms with Crippen molar-refractivity contribution < 1.29 is 4.79 Å². The number of nitrogens with one attached hydrogen (secondary N) is 1. The topological polar surface area (TPSA) is 64.0 Å². The normalized spacial score (nSPS) is 12.5. The maximum Gasteiger partial charge on any atom is 0.275 e. The molecule has 1 aromatic carbocycles. The summed E-state index contributed by atoms with van der Waals surface area (Å²) in [5, 5.41) is 10.5. The monoisotopic (exact) mass is 341 g/mol. The van der Waals surface area contributed by atoms with Crippen LogP contribution in [-0.2, 0) is 11.3 Å². The first-order chi connectivity index (χ1) is 11.6. The molecule has 0 aliphatic heterocycles. The second kappa shape index (κ2) is 6.97. The molecule has 0 saturated carbocycles. The van der Waals surface area contributed by atoms with E-state index in [-0.39, 0.29) is 30.0 Å². The highest BCUT2D eigenvalue weighted by atomic mass is 32.1. The fourth-order valence-corrected chi connectivity index (χ4v) is 3.58. The SMILES string of the molecule is CC(C)C(NC(=O)Cn1ncc2ccccc2c1=O)c1cccs1. The van der Waals surface area contributed by atoms with E-state index in [1.807, 2.05) is 29.6 Å². The maximum atomic E-state index is 12.4. The zero-order valence-corrected chi connectivity index (χ0v) is 14.4. The number of carbonyl (C=O) groups excluding carboxylic acids is 1. The number of carbonyl (C=O) groups is 1. The highest BCUT2D eigenvalue weighted by Crippen LogP contribution is 2.25. The molecular weight excluding hydrogens is 322 g/mol. The molecule has 0 radical (unpaired) electrons. The van der Waals surface area contributed by atoms with E-state index < -0.39 is 0 Å². The van der Waals surface area contributed by atoms with Crippen LogP contribution in [0.4, 0.5) is 0 Å². The zero-order chi connectivity index (χ0) is 17.1. The van der Waals surface area contributed by atoms with Crippen molar-refractivity contribution in [3.8, 4) is 0 Å². The first kappa shape index (κ1) is 16.4. The van der Waals surface area contributed by atoms with Crippen LogP contribution in [0.25, 0.3) is 10.8 Å². The number of hydrogen-bond donors (Lipinski definition) is 1. The Bertz CT molecular complexity index is 900. The van der Waals surface area contributed by atoms with Gasteiger partial charge in [-0.25, -0.2) is 4.68 Å². The second-order valence-electron chi connectivity index (χ2n) is 6.00. The van der Waals surface area contributed by atoms with Crippen molar-refractivity contribution in [1.29, 1.82) is 0 Å². The highest BCUT2D eigenvalue weighted by Gasteiger charge is 2.20. The third kappa shape index (κ3) is 3.38. The Morgan fingerprint density at radius 3 is 2.75 bits per heavy atom. The van der Waals surface area contributed by atoms with Crippen LogP contribution in [0, 0.1) is 5.92 Å². The van der Waals surface area contributed by atoms with E-state index in [1.165, 1.54) is 4.68 Å². The van der Waals surface area contributed by atoms with Crippen molar-refractivity contribution >= 4 is 28.0 Å². The van der Waals surface area contributed by atoms with Crippen molar-refractivity contribution in [2.75, 3.05) is 0 Å². The molecule has 0 aliphatic rings. The molecule has 2 aromatic heterocycles. The lowest BCUT2D eigenvalue weighted by Gasteiger charge is -2.21. The third-order valence-corrected chi connectivity index (χ3v) is 4.84. The first-order valence-corrected chi connectivity index (χ1v) is 8.72. The van der Waals surface area contributed by atoms with Crippen LogP contribution >= 0.6 is 11.3 Å². The largest absolute Gasteiger partial charge is 0.347 e. The van der Waals surface area contributed by atoms with E-state index in [9.17, 15) is 9.59 Å². The van der Waals surface area contributed by atoms with Gasteiger partial charge in [0.2, 0.25) is 5.91 Å². The van der Waals surface area contributed by atoms with E-state index in [4.69, 9.17) is 0 Å². The van der Waals surface area contributed by atoms with Crippen molar-refractivity contribution in [1.82, 2.24) is 15.1 Å². The van der Waals surface area contributed by atoms with E-state index >= 15 is 0 Å². The molecule has 1 atom stereocenters. The summed E-state index contributed by atoms with van der Waals surface area (Å²) in [5.41, 5.74) is -0.250. The average molecular weight is 341 g/mol. The molecule has 0 saturated heterocycles. The van der Waals surface area contributed by atoms with E-state index in [1.54, 1.807) is 29.7 Å². The van der Waals surface area contributed by atoms with Crippen LogP contribution in [0.3, 0.4) is 0 Å². The van der Waals surface area contributed by atoms with Crippen LogP contribution < -0.4 is 10.9 Å². The van der Waals surface area contributed by atoms with Gasteiger partial charge in [0.1, 0.15) is 6.54 Å². The molecule has 0 bridgehead atoms. The van der Waals surface area contributed by atoms with Gasteiger partial charge < -0.3 is 5.32 Å². The van der Waals surface area contributed by atoms with Crippen molar-refractivity contribution in [3.63, 3.8) is 0 Å². The minimum Gasteiger partial charge on any atom is -0.347 e. The third-order valence-electron chi connectivity index (χ3n) is 3.89. The van der Waals surface area contributed by atoms with E-state index in [2.05, 4.69) is 24.3 Å². The predicted molar refractivity (Wildman–Crippen MR) is 96.0 cm³/mol. The Labute approximate surface area is 143 Å². The van der Waals surface area contributed by atoms with Crippen LogP contribution in [0.1, 0.15) is 24.8 Å². The molecule has 6 heteroatoms. The van der Waals surface area contributed by atoms with Crippen LogP contribution in [0.5, 0.6) is 0 Å². The van der Waals surface area contributed by atoms with Gasteiger partial charge in [-0.3, -0.25) is 9.59 Å². The lowest BCUT2D eigenvalue weighted by atomic mass is 10.0. The lowest BCUT2D eigenvalue weighted by molar-refractivity contribution is -0.123. The Morgan fingerprint density at radius 1 is 1.25 bits per heavy atom. The van der Waals surface area contributed by atoms with Gasteiger partial charge in [0, 0.05) is 10.3 Å². The summed E-state index contributed by atoms with van der Waals surface area (Å²) in [6.45, 7) is 4.04. The van der Waals surface area contributed by atoms with Gasteiger partial charge in [-0.2, -0.15) is 5.10 Å². The number of thiophene rings is 1. The first-order valence-electron chi connectivity index (χ1n) is 7.84. The van der Waals surface area contributed by atoms with Crippen LogP contribution in [-0.4, -0.2) is 15.7 Å². The molecule has 1 amide bonds. The van der Waals surface area contributed by atoms with Crippen molar-refractivity contribution in [2.45, 2.75) is 26.4 Å². The fourth-order valence-electron chi connectivity index (χ4n) is 2.63. The van der Waals surface area contributed by atoms with Crippen LogP contribution in [0.2, 0.25) is 0 Å².